The minimum absolute atomic E-state index is 0.0175. The van der Waals surface area contributed by atoms with Crippen molar-refractivity contribution in [3.8, 4) is 0 Å². The molecule has 1 aromatic heterocycles. The van der Waals surface area contributed by atoms with Gasteiger partial charge in [-0.15, -0.1) is 0 Å². The molecule has 2 rings (SSSR count). The number of carboxylic acid groups (broad SMARTS) is 1. The molecular weight excluding hydrogens is 298 g/mol. The maximum absolute atomic E-state index is 12.7. The van der Waals surface area contributed by atoms with E-state index in [9.17, 15) is 13.2 Å². The number of aromatic amines is 1. The standard InChI is InChI=1S/C12H19N3O5S/c1-8-11(10(12(17)18)14-13-8)21(19,20)15-5-2-3-9(7-15)4-6-16/h9,16H,2-7H2,1H3,(H,13,14)(H,17,18). The summed E-state index contributed by atoms with van der Waals surface area (Å²) in [5.74, 6) is -1.28. The van der Waals surface area contributed by atoms with Crippen molar-refractivity contribution in [2.24, 2.45) is 5.92 Å². The van der Waals surface area contributed by atoms with Gasteiger partial charge in [0.05, 0.1) is 5.69 Å². The van der Waals surface area contributed by atoms with Crippen LogP contribution in [0.25, 0.3) is 0 Å². The third-order valence-corrected chi connectivity index (χ3v) is 5.74. The van der Waals surface area contributed by atoms with Crippen LogP contribution in [0.1, 0.15) is 35.4 Å². The molecule has 0 bridgehead atoms. The lowest BCUT2D eigenvalue weighted by molar-refractivity contribution is 0.0686. The van der Waals surface area contributed by atoms with E-state index in [0.717, 1.165) is 6.42 Å². The molecule has 0 amide bonds. The van der Waals surface area contributed by atoms with Gasteiger partial charge in [0.1, 0.15) is 4.90 Å². The first-order chi connectivity index (χ1) is 9.87. The zero-order valence-electron chi connectivity index (χ0n) is 11.7. The third kappa shape index (κ3) is 3.09. The fraction of sp³-hybridized carbons (Fsp3) is 0.667. The molecule has 1 saturated heterocycles. The van der Waals surface area contributed by atoms with Crippen molar-refractivity contribution in [3.63, 3.8) is 0 Å². The number of aromatic nitrogens is 2. The Hall–Kier alpha value is -1.45. The topological polar surface area (TPSA) is 124 Å². The molecule has 1 unspecified atom stereocenters. The van der Waals surface area contributed by atoms with Crippen LogP contribution in [0.4, 0.5) is 0 Å². The number of carbonyl (C=O) groups is 1. The van der Waals surface area contributed by atoms with Crippen molar-refractivity contribution in [1.82, 2.24) is 14.5 Å². The highest BCUT2D eigenvalue weighted by atomic mass is 32.2. The minimum atomic E-state index is -3.90. The average Bonchev–Trinajstić information content (AvgIpc) is 2.82. The molecular formula is C12H19N3O5S. The SMILES string of the molecule is Cc1[nH]nc(C(=O)O)c1S(=O)(=O)N1CCCC(CCO)C1. The highest BCUT2D eigenvalue weighted by Gasteiger charge is 2.35. The molecule has 21 heavy (non-hydrogen) atoms. The Morgan fingerprint density at radius 1 is 1.52 bits per heavy atom. The first-order valence-electron chi connectivity index (χ1n) is 6.77. The van der Waals surface area contributed by atoms with E-state index < -0.39 is 21.7 Å². The molecule has 1 aliphatic rings. The van der Waals surface area contributed by atoms with Gasteiger partial charge in [0.15, 0.2) is 5.69 Å². The van der Waals surface area contributed by atoms with Gasteiger partial charge in [-0.2, -0.15) is 9.40 Å². The number of rotatable bonds is 5. The maximum atomic E-state index is 12.7. The lowest BCUT2D eigenvalue weighted by Crippen LogP contribution is -2.40. The lowest BCUT2D eigenvalue weighted by Gasteiger charge is -2.31. The van der Waals surface area contributed by atoms with Gasteiger partial charge >= 0.3 is 5.97 Å². The Balaban J connectivity index is 2.34. The van der Waals surface area contributed by atoms with Crippen LogP contribution in [0.15, 0.2) is 4.90 Å². The molecule has 0 aliphatic carbocycles. The number of aliphatic hydroxyl groups excluding tert-OH is 1. The minimum Gasteiger partial charge on any atom is -0.476 e. The van der Waals surface area contributed by atoms with Crippen LogP contribution in [-0.2, 0) is 10.0 Å². The summed E-state index contributed by atoms with van der Waals surface area (Å²) in [6.45, 7) is 2.16. The van der Waals surface area contributed by atoms with Crippen LogP contribution in [0.5, 0.6) is 0 Å². The molecule has 0 saturated carbocycles. The summed E-state index contributed by atoms with van der Waals surface area (Å²) < 4.78 is 26.7. The first kappa shape index (κ1) is 15.9. The number of carboxylic acids is 1. The van der Waals surface area contributed by atoms with Crippen LogP contribution in [-0.4, -0.2) is 58.8 Å². The fourth-order valence-electron chi connectivity index (χ4n) is 2.67. The van der Waals surface area contributed by atoms with Gasteiger partial charge in [-0.3, -0.25) is 5.10 Å². The molecule has 2 heterocycles. The van der Waals surface area contributed by atoms with E-state index in [1.807, 2.05) is 0 Å². The summed E-state index contributed by atoms with van der Waals surface area (Å²) in [5.41, 5.74) is -0.256. The van der Waals surface area contributed by atoms with Crippen LogP contribution in [0, 0.1) is 12.8 Å². The normalized spacial score (nSPS) is 20.6. The molecule has 1 aromatic rings. The second kappa shape index (κ2) is 6.12. The quantitative estimate of drug-likeness (QED) is 0.712. The summed E-state index contributed by atoms with van der Waals surface area (Å²) >= 11 is 0. The van der Waals surface area contributed by atoms with E-state index in [0.29, 0.717) is 25.9 Å². The summed E-state index contributed by atoms with van der Waals surface area (Å²) in [5, 5.41) is 24.1. The van der Waals surface area contributed by atoms with E-state index in [2.05, 4.69) is 10.2 Å². The van der Waals surface area contributed by atoms with E-state index in [1.165, 1.54) is 11.2 Å². The monoisotopic (exact) mass is 317 g/mol. The number of piperidine rings is 1. The Morgan fingerprint density at radius 2 is 2.24 bits per heavy atom. The predicted octanol–water partition coefficient (Wildman–Crippen LogP) is 0.199. The molecule has 3 N–H and O–H groups in total. The van der Waals surface area contributed by atoms with Crippen molar-refractivity contribution < 1.29 is 23.4 Å². The van der Waals surface area contributed by atoms with Crippen molar-refractivity contribution >= 4 is 16.0 Å². The van der Waals surface area contributed by atoms with Gasteiger partial charge in [-0.05, 0) is 32.1 Å². The number of H-pyrrole nitrogens is 1. The van der Waals surface area contributed by atoms with Gasteiger partial charge in [-0.25, -0.2) is 13.2 Å². The molecule has 1 aliphatic heterocycles. The Bertz CT molecular complexity index is 623. The number of nitrogens with one attached hydrogen (secondary N) is 1. The number of aromatic carboxylic acids is 1. The number of aliphatic hydroxyl groups is 1. The predicted molar refractivity (Wildman–Crippen MR) is 73.5 cm³/mol. The molecule has 1 fully saturated rings. The Kier molecular flexibility index (Phi) is 4.64. The molecule has 0 radical (unpaired) electrons. The van der Waals surface area contributed by atoms with Gasteiger partial charge in [0, 0.05) is 19.7 Å². The molecule has 1 atom stereocenters. The Labute approximate surface area is 122 Å². The van der Waals surface area contributed by atoms with E-state index in [4.69, 9.17) is 10.2 Å². The smallest absolute Gasteiger partial charge is 0.357 e. The van der Waals surface area contributed by atoms with E-state index in [1.54, 1.807) is 0 Å². The summed E-state index contributed by atoms with van der Waals surface area (Å²) in [6, 6.07) is 0. The van der Waals surface area contributed by atoms with E-state index >= 15 is 0 Å². The number of nitrogens with zero attached hydrogens (tertiary/aromatic N) is 2. The summed E-state index contributed by atoms with van der Waals surface area (Å²) in [7, 11) is -3.90. The van der Waals surface area contributed by atoms with Crippen molar-refractivity contribution in [1.29, 1.82) is 0 Å². The van der Waals surface area contributed by atoms with Crippen molar-refractivity contribution in [2.45, 2.75) is 31.1 Å². The Morgan fingerprint density at radius 3 is 2.86 bits per heavy atom. The van der Waals surface area contributed by atoms with Gasteiger partial charge < -0.3 is 10.2 Å². The molecule has 9 heteroatoms. The maximum Gasteiger partial charge on any atom is 0.357 e. The third-order valence-electron chi connectivity index (χ3n) is 3.71. The zero-order chi connectivity index (χ0) is 15.6. The molecule has 8 nitrogen and oxygen atoms in total. The second-order valence-corrected chi connectivity index (χ2v) is 7.09. The van der Waals surface area contributed by atoms with Crippen molar-refractivity contribution in [3.05, 3.63) is 11.4 Å². The number of aryl methyl sites for hydroxylation is 1. The molecule has 0 spiro atoms. The lowest BCUT2D eigenvalue weighted by atomic mass is 9.97. The highest BCUT2D eigenvalue weighted by molar-refractivity contribution is 7.89. The van der Waals surface area contributed by atoms with Crippen molar-refractivity contribution in [2.75, 3.05) is 19.7 Å². The van der Waals surface area contributed by atoms with Crippen LogP contribution in [0.3, 0.4) is 0 Å². The van der Waals surface area contributed by atoms with Crippen LogP contribution >= 0.6 is 0 Å². The first-order valence-corrected chi connectivity index (χ1v) is 8.21. The summed E-state index contributed by atoms with van der Waals surface area (Å²) in [6.07, 6.45) is 2.11. The second-order valence-electron chi connectivity index (χ2n) is 5.22. The number of sulfonamides is 1. The van der Waals surface area contributed by atoms with Gasteiger partial charge in [0.25, 0.3) is 0 Å². The molecule has 0 aromatic carbocycles. The highest BCUT2D eigenvalue weighted by Crippen LogP contribution is 2.28. The van der Waals surface area contributed by atoms with Crippen LogP contribution < -0.4 is 0 Å². The molecule has 118 valence electrons. The van der Waals surface area contributed by atoms with Crippen LogP contribution in [0.2, 0.25) is 0 Å². The number of hydrogen-bond donors (Lipinski definition) is 3. The number of hydrogen-bond acceptors (Lipinski definition) is 5. The zero-order valence-corrected chi connectivity index (χ0v) is 12.6. The largest absolute Gasteiger partial charge is 0.476 e. The van der Waals surface area contributed by atoms with Gasteiger partial charge in [0.2, 0.25) is 10.0 Å². The van der Waals surface area contributed by atoms with Gasteiger partial charge in [-0.1, -0.05) is 0 Å². The average molecular weight is 317 g/mol. The van der Waals surface area contributed by atoms with E-state index in [-0.39, 0.29) is 23.1 Å². The fourth-order valence-corrected chi connectivity index (χ4v) is 4.52. The summed E-state index contributed by atoms with van der Waals surface area (Å²) in [4.78, 5) is 10.9.